The Morgan fingerprint density at radius 1 is 0.812 bits per heavy atom. The maximum absolute atomic E-state index is 4.56. The highest BCUT2D eigenvalue weighted by molar-refractivity contribution is 14.2. The zero-order chi connectivity index (χ0) is 22.1. The van der Waals surface area contributed by atoms with Crippen LogP contribution in [0.5, 0.6) is 0 Å². The molecule has 1 aromatic heterocycles. The molecule has 0 fully saturated rings. The molecular formula is C28H24IN2P. The Labute approximate surface area is 203 Å². The molecule has 0 N–H and O–H groups in total. The molecule has 4 heteroatoms. The second-order valence-corrected chi connectivity index (χ2v) is 10.1. The van der Waals surface area contributed by atoms with Gasteiger partial charge in [-0.05, 0) is 92.2 Å². The van der Waals surface area contributed by atoms with Crippen molar-refractivity contribution in [2.45, 2.75) is 20.3 Å². The summed E-state index contributed by atoms with van der Waals surface area (Å²) < 4.78 is 2.07. The van der Waals surface area contributed by atoms with Crippen molar-refractivity contribution in [1.82, 2.24) is 9.55 Å². The van der Waals surface area contributed by atoms with E-state index < -0.39 is 0 Å². The highest BCUT2D eigenvalue weighted by Gasteiger charge is 2.15. The fraction of sp³-hybridized carbons (Fsp3) is 0.107. The van der Waals surface area contributed by atoms with Gasteiger partial charge in [-0.2, -0.15) is 5.10 Å². The normalized spacial score (nSPS) is 12.7. The Bertz CT molecular complexity index is 1450. The first-order chi connectivity index (χ1) is 15.7. The molecule has 32 heavy (non-hydrogen) atoms. The summed E-state index contributed by atoms with van der Waals surface area (Å²) in [6.07, 6.45) is 3.54. The van der Waals surface area contributed by atoms with Gasteiger partial charge in [-0.25, -0.2) is 4.45 Å². The number of hydrogen-bond acceptors (Lipinski definition) is 1. The van der Waals surface area contributed by atoms with E-state index in [9.17, 15) is 0 Å². The van der Waals surface area contributed by atoms with Gasteiger partial charge in [0.15, 0.2) is 0 Å². The third kappa shape index (κ3) is 4.00. The van der Waals surface area contributed by atoms with Crippen molar-refractivity contribution < 1.29 is 0 Å². The summed E-state index contributed by atoms with van der Waals surface area (Å²) in [7, 11) is 0. The van der Waals surface area contributed by atoms with Crippen molar-refractivity contribution in [3.05, 3.63) is 113 Å². The van der Waals surface area contributed by atoms with Crippen molar-refractivity contribution in [2.24, 2.45) is 0 Å². The van der Waals surface area contributed by atoms with Crippen LogP contribution in [0.25, 0.3) is 32.8 Å². The molecule has 1 heterocycles. The third-order valence-corrected chi connectivity index (χ3v) is 7.89. The number of hydrogen-bond donors (Lipinski definition) is 0. The molecular weight excluding hydrogens is 522 g/mol. The van der Waals surface area contributed by atoms with Gasteiger partial charge in [-0.3, -0.25) is 0 Å². The lowest BCUT2D eigenvalue weighted by Crippen LogP contribution is -1.95. The topological polar surface area (TPSA) is 17.8 Å². The lowest BCUT2D eigenvalue weighted by molar-refractivity contribution is 1.04. The number of nitrogens with zero attached hydrogens (tertiary/aromatic N) is 2. The van der Waals surface area contributed by atoms with Crippen LogP contribution < -0.4 is 0 Å². The maximum Gasteiger partial charge on any atom is 0.0729 e. The van der Waals surface area contributed by atoms with E-state index in [4.69, 9.17) is 0 Å². The van der Waals surface area contributed by atoms with Crippen molar-refractivity contribution >= 4 is 61.2 Å². The Balaban J connectivity index is 1.78. The molecule has 0 aliphatic carbocycles. The van der Waals surface area contributed by atoms with Crippen molar-refractivity contribution in [3.8, 4) is 0 Å². The van der Waals surface area contributed by atoms with Crippen LogP contribution in [0.4, 0.5) is 0 Å². The minimum atomic E-state index is 0.597. The highest BCUT2D eigenvalue weighted by atomic mass is 127. The van der Waals surface area contributed by atoms with Crippen LogP contribution in [-0.4, -0.2) is 9.55 Å². The Morgan fingerprint density at radius 2 is 1.50 bits per heavy atom. The van der Waals surface area contributed by atoms with Crippen LogP contribution in [0.15, 0.2) is 91.1 Å². The monoisotopic (exact) mass is 546 g/mol. The van der Waals surface area contributed by atoms with E-state index in [0.717, 1.165) is 6.42 Å². The minimum absolute atomic E-state index is 0.597. The first-order valence-corrected chi connectivity index (χ1v) is 14.9. The van der Waals surface area contributed by atoms with Crippen molar-refractivity contribution in [3.63, 3.8) is 0 Å². The molecule has 0 saturated carbocycles. The molecule has 0 spiro atoms. The molecule has 5 aromatic rings. The Hall–Kier alpha value is -2.49. The summed E-state index contributed by atoms with van der Waals surface area (Å²) in [6, 6.07) is 31.1. The average molecular weight is 546 g/mol. The van der Waals surface area contributed by atoms with Crippen molar-refractivity contribution in [2.75, 3.05) is 0 Å². The summed E-state index contributed by atoms with van der Waals surface area (Å²) in [5.74, 6) is 0. The van der Waals surface area contributed by atoms with Gasteiger partial charge < -0.3 is 0 Å². The lowest BCUT2D eigenvalue weighted by Gasteiger charge is -2.17. The summed E-state index contributed by atoms with van der Waals surface area (Å²) in [4.78, 5) is 0. The second-order valence-electron chi connectivity index (χ2n) is 8.05. The lowest BCUT2D eigenvalue weighted by atomic mass is 9.87. The number of halogens is 1. The summed E-state index contributed by atoms with van der Waals surface area (Å²) in [5, 5.41) is 8.30. The van der Waals surface area contributed by atoms with Gasteiger partial charge in [0.25, 0.3) is 0 Å². The molecule has 0 bridgehead atoms. The van der Waals surface area contributed by atoms with E-state index in [-0.39, 0.29) is 0 Å². The van der Waals surface area contributed by atoms with Gasteiger partial charge in [0.05, 0.1) is 18.1 Å². The molecule has 1 atom stereocenters. The van der Waals surface area contributed by atoms with E-state index in [1.54, 1.807) is 0 Å². The van der Waals surface area contributed by atoms with Crippen LogP contribution >= 0.6 is 28.4 Å². The molecule has 0 saturated heterocycles. The molecule has 1 unspecified atom stereocenters. The number of allylic oxidation sites excluding steroid dienone is 1. The first kappa shape index (κ1) is 21.4. The number of fused-ring (bicyclic) bond motifs is 2. The van der Waals surface area contributed by atoms with E-state index in [0.29, 0.717) is 6.37 Å². The van der Waals surface area contributed by atoms with Crippen LogP contribution in [0.2, 0.25) is 0 Å². The summed E-state index contributed by atoms with van der Waals surface area (Å²) in [5.41, 5.74) is 8.90. The summed E-state index contributed by atoms with van der Waals surface area (Å²) in [6.45, 7) is 4.40. The van der Waals surface area contributed by atoms with Crippen molar-refractivity contribution in [1.29, 1.82) is 0 Å². The molecule has 0 amide bonds. The van der Waals surface area contributed by atoms with E-state index in [2.05, 4.69) is 130 Å². The predicted molar refractivity (Wildman–Crippen MR) is 149 cm³/mol. The van der Waals surface area contributed by atoms with Gasteiger partial charge in [0.1, 0.15) is 0 Å². The first-order valence-electron chi connectivity index (χ1n) is 10.8. The highest BCUT2D eigenvalue weighted by Crippen LogP contribution is 2.37. The molecule has 2 nitrogen and oxygen atoms in total. The van der Waals surface area contributed by atoms with Crippen LogP contribution in [0.1, 0.15) is 35.6 Å². The number of aryl methyl sites for hydroxylation is 1. The maximum atomic E-state index is 4.56. The smallest absolute Gasteiger partial charge is 0.0729 e. The zero-order valence-corrected chi connectivity index (χ0v) is 21.3. The van der Waals surface area contributed by atoms with Gasteiger partial charge in [-0.15, -0.1) is 0 Å². The molecule has 158 valence electrons. The fourth-order valence-electron chi connectivity index (χ4n) is 4.46. The van der Waals surface area contributed by atoms with Gasteiger partial charge >= 0.3 is 0 Å². The Morgan fingerprint density at radius 3 is 2.25 bits per heavy atom. The Kier molecular flexibility index (Phi) is 6.12. The van der Waals surface area contributed by atoms with Gasteiger partial charge in [-0.1, -0.05) is 79.2 Å². The zero-order valence-electron chi connectivity index (χ0n) is 18.1. The van der Waals surface area contributed by atoms with E-state index >= 15 is 0 Å². The molecule has 0 aliphatic rings. The van der Waals surface area contributed by atoms with Crippen LogP contribution in [0.3, 0.4) is 0 Å². The number of rotatable bonds is 5. The predicted octanol–water partition coefficient (Wildman–Crippen LogP) is 8.66. The average Bonchev–Trinajstić information content (AvgIpc) is 3.25. The quantitative estimate of drug-likeness (QED) is 0.123. The molecule has 4 aromatic carbocycles. The number of benzene rings is 4. The molecule has 0 aliphatic heterocycles. The van der Waals surface area contributed by atoms with E-state index in [1.165, 1.54) is 55.1 Å². The largest absolute Gasteiger partial charge is 0.237 e. The number of aromatic nitrogens is 2. The summed E-state index contributed by atoms with van der Waals surface area (Å²) >= 11 is 2.38. The standard InChI is InChI=1S/C28H24IN2P/c1-3-26(20-7-5-4-6-8-20)28(23-12-11-21-15-19(2)9-10-22(21)16-23)24-13-14-27-25(17-24)18-30-31(27)32-29/h4-18,32H,3H2,1-2H3/b28-26+. The second kappa shape index (κ2) is 9.17. The van der Waals surface area contributed by atoms with Gasteiger partial charge in [0, 0.05) is 5.39 Å². The minimum Gasteiger partial charge on any atom is -0.237 e. The third-order valence-electron chi connectivity index (χ3n) is 6.00. The van der Waals surface area contributed by atoms with Crippen LogP contribution in [0, 0.1) is 6.92 Å². The van der Waals surface area contributed by atoms with Gasteiger partial charge in [0.2, 0.25) is 0 Å². The van der Waals surface area contributed by atoms with Crippen LogP contribution in [-0.2, 0) is 0 Å². The molecule has 5 rings (SSSR count). The SMILES string of the molecule is CC/C(=C(/c1ccc2cc(C)ccc2c1)c1ccc2c(cnn2PI)c1)c1ccccc1. The fourth-order valence-corrected chi connectivity index (χ4v) is 6.01. The van der Waals surface area contributed by atoms with E-state index in [1.807, 2.05) is 6.20 Å². The molecule has 0 radical (unpaired) electrons.